The number of rotatable bonds is 6. The first-order valence-electron chi connectivity index (χ1n) is 9.71. The standard InChI is InChI=1S/C24H24N2O4/c1-5-30-24(29)19-16(4)25-21(20(19)17-9-7-6-8-10-17)22(27)23(28)26-18-12-11-14(2)13-15(18)3/h6-13,25H,5H2,1-4H3,(H,26,28). The van der Waals surface area contributed by atoms with Crippen LogP contribution in [0.2, 0.25) is 0 Å². The first-order valence-corrected chi connectivity index (χ1v) is 9.71. The fourth-order valence-electron chi connectivity index (χ4n) is 3.39. The summed E-state index contributed by atoms with van der Waals surface area (Å²) in [4.78, 5) is 41.3. The Kier molecular flexibility index (Phi) is 6.16. The molecule has 2 N–H and O–H groups in total. The number of nitrogens with one attached hydrogen (secondary N) is 2. The zero-order valence-corrected chi connectivity index (χ0v) is 17.5. The van der Waals surface area contributed by atoms with Gasteiger partial charge in [0.1, 0.15) is 5.69 Å². The molecule has 1 aromatic heterocycles. The molecule has 0 aliphatic heterocycles. The Morgan fingerprint density at radius 3 is 2.33 bits per heavy atom. The second-order valence-electron chi connectivity index (χ2n) is 7.06. The molecule has 6 nitrogen and oxygen atoms in total. The number of amides is 1. The van der Waals surface area contributed by atoms with Gasteiger partial charge in [-0.1, -0.05) is 48.0 Å². The molecule has 0 aliphatic rings. The average Bonchev–Trinajstić information content (AvgIpc) is 3.07. The third kappa shape index (κ3) is 4.17. The van der Waals surface area contributed by atoms with Crippen molar-refractivity contribution < 1.29 is 19.1 Å². The van der Waals surface area contributed by atoms with E-state index in [4.69, 9.17) is 4.74 Å². The van der Waals surface area contributed by atoms with Crippen molar-refractivity contribution in [3.05, 3.63) is 76.6 Å². The summed E-state index contributed by atoms with van der Waals surface area (Å²) in [5.41, 5.74) is 4.27. The Hall–Kier alpha value is -3.67. The lowest BCUT2D eigenvalue weighted by Gasteiger charge is -2.10. The number of hydrogen-bond acceptors (Lipinski definition) is 4. The van der Waals surface area contributed by atoms with Crippen LogP contribution in [0.1, 0.15) is 44.6 Å². The van der Waals surface area contributed by atoms with E-state index in [1.807, 2.05) is 32.0 Å². The van der Waals surface area contributed by atoms with Crippen LogP contribution in [0.3, 0.4) is 0 Å². The van der Waals surface area contributed by atoms with Crippen molar-refractivity contribution >= 4 is 23.3 Å². The van der Waals surface area contributed by atoms with Crippen LogP contribution in [0.4, 0.5) is 5.69 Å². The maximum absolute atomic E-state index is 13.1. The molecule has 1 heterocycles. The van der Waals surface area contributed by atoms with Crippen LogP contribution >= 0.6 is 0 Å². The smallest absolute Gasteiger partial charge is 0.340 e. The molecule has 0 fully saturated rings. The van der Waals surface area contributed by atoms with Crippen LogP contribution in [0.5, 0.6) is 0 Å². The topological polar surface area (TPSA) is 88.3 Å². The maximum atomic E-state index is 13.1. The van der Waals surface area contributed by atoms with E-state index in [-0.39, 0.29) is 17.9 Å². The fourth-order valence-corrected chi connectivity index (χ4v) is 3.39. The van der Waals surface area contributed by atoms with Crippen molar-refractivity contribution in [1.29, 1.82) is 0 Å². The lowest BCUT2D eigenvalue weighted by atomic mass is 9.98. The molecule has 0 spiro atoms. The number of aromatic nitrogens is 1. The van der Waals surface area contributed by atoms with Crippen molar-refractivity contribution in [1.82, 2.24) is 4.98 Å². The van der Waals surface area contributed by atoms with Crippen molar-refractivity contribution in [2.45, 2.75) is 27.7 Å². The second kappa shape index (κ2) is 8.78. The minimum absolute atomic E-state index is 0.0593. The Morgan fingerprint density at radius 2 is 1.70 bits per heavy atom. The summed E-state index contributed by atoms with van der Waals surface area (Å²) in [6.07, 6.45) is 0. The van der Waals surface area contributed by atoms with Gasteiger partial charge in [0.25, 0.3) is 11.7 Å². The van der Waals surface area contributed by atoms with Gasteiger partial charge < -0.3 is 15.0 Å². The number of ether oxygens (including phenoxy) is 1. The highest BCUT2D eigenvalue weighted by molar-refractivity contribution is 6.47. The van der Waals surface area contributed by atoms with Crippen LogP contribution in [-0.2, 0) is 9.53 Å². The third-order valence-corrected chi connectivity index (χ3v) is 4.79. The number of carbonyl (C=O) groups is 3. The predicted octanol–water partition coefficient (Wildman–Crippen LogP) is 4.61. The summed E-state index contributed by atoms with van der Waals surface area (Å²) in [5.74, 6) is -2.08. The Morgan fingerprint density at radius 1 is 1.00 bits per heavy atom. The molecule has 2 aromatic carbocycles. The highest BCUT2D eigenvalue weighted by Gasteiger charge is 2.29. The van der Waals surface area contributed by atoms with Gasteiger partial charge in [0.15, 0.2) is 0 Å². The summed E-state index contributed by atoms with van der Waals surface area (Å²) in [6, 6.07) is 14.5. The van der Waals surface area contributed by atoms with Gasteiger partial charge in [-0.05, 0) is 44.9 Å². The van der Waals surface area contributed by atoms with Crippen LogP contribution in [0.25, 0.3) is 11.1 Å². The summed E-state index contributed by atoms with van der Waals surface area (Å²) < 4.78 is 5.18. The monoisotopic (exact) mass is 404 g/mol. The first-order chi connectivity index (χ1) is 14.3. The first kappa shape index (κ1) is 21.0. The molecule has 3 aromatic rings. The van der Waals surface area contributed by atoms with Crippen LogP contribution in [0, 0.1) is 20.8 Å². The number of H-pyrrole nitrogens is 1. The third-order valence-electron chi connectivity index (χ3n) is 4.79. The normalized spacial score (nSPS) is 10.5. The van der Waals surface area contributed by atoms with Crippen molar-refractivity contribution in [3.8, 4) is 11.1 Å². The van der Waals surface area contributed by atoms with E-state index >= 15 is 0 Å². The quantitative estimate of drug-likeness (QED) is 0.357. The van der Waals surface area contributed by atoms with Gasteiger partial charge in [0.2, 0.25) is 0 Å². The zero-order valence-electron chi connectivity index (χ0n) is 17.5. The molecule has 154 valence electrons. The van der Waals surface area contributed by atoms with E-state index in [9.17, 15) is 14.4 Å². The molecular formula is C24H24N2O4. The number of anilines is 1. The molecule has 0 unspecified atom stereocenters. The molecule has 0 bridgehead atoms. The molecule has 1 amide bonds. The zero-order chi connectivity index (χ0) is 21.8. The van der Waals surface area contributed by atoms with Gasteiger partial charge in [-0.25, -0.2) is 4.79 Å². The number of Topliss-reactive ketones (excluding diaryl/α,β-unsaturated/α-hetero) is 1. The highest BCUT2D eigenvalue weighted by atomic mass is 16.5. The molecule has 3 rings (SSSR count). The molecule has 0 radical (unpaired) electrons. The van der Waals surface area contributed by atoms with Gasteiger partial charge in [-0.3, -0.25) is 9.59 Å². The van der Waals surface area contributed by atoms with E-state index in [1.165, 1.54) is 0 Å². The largest absolute Gasteiger partial charge is 0.462 e. The number of aromatic amines is 1. The number of benzene rings is 2. The lowest BCUT2D eigenvalue weighted by molar-refractivity contribution is -0.112. The highest BCUT2D eigenvalue weighted by Crippen LogP contribution is 2.31. The van der Waals surface area contributed by atoms with Gasteiger partial charge >= 0.3 is 5.97 Å². The fraction of sp³-hybridized carbons (Fsp3) is 0.208. The van der Waals surface area contributed by atoms with Crippen LogP contribution in [0.15, 0.2) is 48.5 Å². The minimum Gasteiger partial charge on any atom is -0.462 e. The molecule has 0 saturated heterocycles. The number of ketones is 1. The Balaban J connectivity index is 2.04. The van der Waals surface area contributed by atoms with Crippen molar-refractivity contribution in [3.63, 3.8) is 0 Å². The summed E-state index contributed by atoms with van der Waals surface area (Å²) >= 11 is 0. The Bertz CT molecular complexity index is 1110. The van der Waals surface area contributed by atoms with E-state index in [0.29, 0.717) is 22.5 Å². The lowest BCUT2D eigenvalue weighted by Crippen LogP contribution is -2.24. The minimum atomic E-state index is -0.782. The average molecular weight is 404 g/mol. The van der Waals surface area contributed by atoms with E-state index in [1.54, 1.807) is 44.2 Å². The van der Waals surface area contributed by atoms with E-state index in [0.717, 1.165) is 11.1 Å². The van der Waals surface area contributed by atoms with E-state index in [2.05, 4.69) is 10.3 Å². The molecule has 30 heavy (non-hydrogen) atoms. The van der Waals surface area contributed by atoms with Crippen LogP contribution in [-0.4, -0.2) is 29.3 Å². The number of hydrogen-bond donors (Lipinski definition) is 2. The second-order valence-corrected chi connectivity index (χ2v) is 7.06. The molecule has 6 heteroatoms. The molecule has 0 atom stereocenters. The van der Waals surface area contributed by atoms with Gasteiger partial charge in [0, 0.05) is 16.9 Å². The van der Waals surface area contributed by atoms with Crippen molar-refractivity contribution in [2.24, 2.45) is 0 Å². The summed E-state index contributed by atoms with van der Waals surface area (Å²) in [7, 11) is 0. The Labute approximate surface area is 175 Å². The van der Waals surface area contributed by atoms with Gasteiger partial charge in [-0.15, -0.1) is 0 Å². The molecular weight excluding hydrogens is 380 g/mol. The maximum Gasteiger partial charge on any atom is 0.340 e. The van der Waals surface area contributed by atoms with Crippen molar-refractivity contribution in [2.75, 3.05) is 11.9 Å². The molecule has 0 aliphatic carbocycles. The van der Waals surface area contributed by atoms with Crippen LogP contribution < -0.4 is 5.32 Å². The molecule has 0 saturated carbocycles. The van der Waals surface area contributed by atoms with Gasteiger partial charge in [0.05, 0.1) is 12.2 Å². The number of carbonyl (C=O) groups excluding carboxylic acids is 3. The summed E-state index contributed by atoms with van der Waals surface area (Å²) in [5, 5.41) is 2.67. The number of aryl methyl sites for hydroxylation is 3. The van der Waals surface area contributed by atoms with Gasteiger partial charge in [-0.2, -0.15) is 0 Å². The summed E-state index contributed by atoms with van der Waals surface area (Å²) in [6.45, 7) is 7.41. The predicted molar refractivity (Wildman–Crippen MR) is 116 cm³/mol. The SMILES string of the molecule is CCOC(=O)c1c(C)[nH]c(C(=O)C(=O)Nc2ccc(C)cc2C)c1-c1ccccc1. The van der Waals surface area contributed by atoms with E-state index < -0.39 is 17.7 Å². The number of esters is 1.